The summed E-state index contributed by atoms with van der Waals surface area (Å²) in [5, 5.41) is 0. The van der Waals surface area contributed by atoms with Crippen LogP contribution in [0.5, 0.6) is 0 Å². The Morgan fingerprint density at radius 1 is 0.600 bits per heavy atom. The molecular formula is C28H48N2. The third-order valence-corrected chi connectivity index (χ3v) is 6.51. The lowest BCUT2D eigenvalue weighted by atomic mass is 10.0. The lowest BCUT2D eigenvalue weighted by Crippen LogP contribution is -2.39. The number of rotatable bonds is 18. The summed E-state index contributed by atoms with van der Waals surface area (Å²) in [6, 6.07) is 10.9. The third kappa shape index (κ3) is 9.58. The van der Waals surface area contributed by atoms with Gasteiger partial charge in [-0.3, -0.25) is 0 Å². The predicted molar refractivity (Wildman–Crippen MR) is 134 cm³/mol. The van der Waals surface area contributed by atoms with Crippen molar-refractivity contribution in [3.63, 3.8) is 0 Å². The van der Waals surface area contributed by atoms with E-state index >= 15 is 0 Å². The number of hydrogen-bond acceptors (Lipinski definition) is 2. The van der Waals surface area contributed by atoms with Crippen LogP contribution in [0, 0.1) is 0 Å². The molecular weight excluding hydrogens is 364 g/mol. The summed E-state index contributed by atoms with van der Waals surface area (Å²) >= 11 is 0. The first-order valence-corrected chi connectivity index (χ1v) is 13.1. The molecule has 2 nitrogen and oxygen atoms in total. The average Bonchev–Trinajstić information content (AvgIpc) is 3.18. The van der Waals surface area contributed by atoms with Gasteiger partial charge in [-0.15, -0.1) is 0 Å². The van der Waals surface area contributed by atoms with Crippen LogP contribution in [0.15, 0.2) is 42.7 Å². The van der Waals surface area contributed by atoms with Crippen LogP contribution >= 0.6 is 0 Å². The smallest absolute Gasteiger partial charge is 0.105 e. The fourth-order valence-corrected chi connectivity index (χ4v) is 4.61. The monoisotopic (exact) mass is 412 g/mol. The van der Waals surface area contributed by atoms with Gasteiger partial charge in [-0.2, -0.15) is 0 Å². The van der Waals surface area contributed by atoms with Gasteiger partial charge in [0, 0.05) is 24.6 Å². The number of para-hydroxylation sites is 1. The van der Waals surface area contributed by atoms with Crippen molar-refractivity contribution in [3.05, 3.63) is 42.7 Å². The summed E-state index contributed by atoms with van der Waals surface area (Å²) in [4.78, 5) is 5.09. The zero-order chi connectivity index (χ0) is 21.3. The standard InChI is InChI=1S/C28H48N2/c1-3-5-7-9-10-11-12-13-14-15-19-23-28-29(24-20-8-6-4-2)25-26-30(28)27-21-17-16-18-22-27/h16-18,21-22,25-26,28H,3-15,19-20,23-24H2,1-2H3. The Kier molecular flexibility index (Phi) is 13.5. The molecule has 2 heteroatoms. The van der Waals surface area contributed by atoms with Gasteiger partial charge in [-0.1, -0.05) is 116 Å². The highest BCUT2D eigenvalue weighted by atomic mass is 15.4. The zero-order valence-electron chi connectivity index (χ0n) is 20.0. The van der Waals surface area contributed by atoms with Crippen molar-refractivity contribution in [1.29, 1.82) is 0 Å². The van der Waals surface area contributed by atoms with E-state index in [1.165, 1.54) is 115 Å². The Bertz CT molecular complexity index is 539. The van der Waals surface area contributed by atoms with Crippen molar-refractivity contribution >= 4 is 5.69 Å². The normalized spacial score (nSPS) is 16.0. The van der Waals surface area contributed by atoms with Crippen LogP contribution in [0.3, 0.4) is 0 Å². The largest absolute Gasteiger partial charge is 0.356 e. The fourth-order valence-electron chi connectivity index (χ4n) is 4.61. The van der Waals surface area contributed by atoms with Crippen LogP contribution in [0.4, 0.5) is 5.69 Å². The Hall–Kier alpha value is -1.44. The van der Waals surface area contributed by atoms with E-state index in [0.29, 0.717) is 6.17 Å². The summed E-state index contributed by atoms with van der Waals surface area (Å²) in [6.07, 6.45) is 27.4. The SMILES string of the molecule is CCCCCCCCCCCCCC1N(CCCCCC)C=CN1c1ccccc1. The highest BCUT2D eigenvalue weighted by molar-refractivity contribution is 5.51. The number of hydrogen-bond donors (Lipinski definition) is 0. The molecule has 0 fully saturated rings. The van der Waals surface area contributed by atoms with Gasteiger partial charge in [0.25, 0.3) is 0 Å². The highest BCUT2D eigenvalue weighted by Gasteiger charge is 2.26. The lowest BCUT2D eigenvalue weighted by molar-refractivity contribution is 0.273. The average molecular weight is 413 g/mol. The maximum atomic E-state index is 2.60. The van der Waals surface area contributed by atoms with Crippen LogP contribution in [0.25, 0.3) is 0 Å². The van der Waals surface area contributed by atoms with Gasteiger partial charge in [0.15, 0.2) is 0 Å². The Labute approximate surface area is 187 Å². The molecule has 1 unspecified atom stereocenters. The minimum atomic E-state index is 0.507. The number of benzene rings is 1. The van der Waals surface area contributed by atoms with E-state index in [9.17, 15) is 0 Å². The van der Waals surface area contributed by atoms with Crippen molar-refractivity contribution in [3.8, 4) is 0 Å². The minimum Gasteiger partial charge on any atom is -0.356 e. The molecule has 0 bridgehead atoms. The molecule has 0 aliphatic carbocycles. The topological polar surface area (TPSA) is 6.48 Å². The van der Waals surface area contributed by atoms with Crippen LogP contribution in [0.2, 0.25) is 0 Å². The van der Waals surface area contributed by atoms with Gasteiger partial charge in [-0.25, -0.2) is 0 Å². The van der Waals surface area contributed by atoms with Crippen LogP contribution in [-0.4, -0.2) is 17.6 Å². The van der Waals surface area contributed by atoms with Crippen molar-refractivity contribution in [1.82, 2.24) is 4.90 Å². The Balaban J connectivity index is 1.67. The predicted octanol–water partition coefficient (Wildman–Crippen LogP) is 8.89. The zero-order valence-corrected chi connectivity index (χ0v) is 20.0. The van der Waals surface area contributed by atoms with E-state index in [1.807, 2.05) is 0 Å². The van der Waals surface area contributed by atoms with Gasteiger partial charge in [-0.05, 0) is 31.4 Å². The molecule has 1 aliphatic heterocycles. The summed E-state index contributed by atoms with van der Waals surface area (Å²) in [6.45, 7) is 5.79. The van der Waals surface area contributed by atoms with Crippen molar-refractivity contribution < 1.29 is 0 Å². The number of anilines is 1. The molecule has 0 spiro atoms. The molecule has 1 aliphatic rings. The van der Waals surface area contributed by atoms with E-state index in [0.717, 1.165) is 0 Å². The summed E-state index contributed by atoms with van der Waals surface area (Å²) in [5.41, 5.74) is 1.33. The molecule has 30 heavy (non-hydrogen) atoms. The Morgan fingerprint density at radius 2 is 1.13 bits per heavy atom. The third-order valence-electron chi connectivity index (χ3n) is 6.51. The molecule has 170 valence electrons. The number of unbranched alkanes of at least 4 members (excludes halogenated alkanes) is 13. The van der Waals surface area contributed by atoms with E-state index < -0.39 is 0 Å². The fraction of sp³-hybridized carbons (Fsp3) is 0.714. The van der Waals surface area contributed by atoms with Crippen molar-refractivity contribution in [2.75, 3.05) is 11.4 Å². The van der Waals surface area contributed by atoms with E-state index in [1.54, 1.807) is 0 Å². The first-order valence-electron chi connectivity index (χ1n) is 13.1. The van der Waals surface area contributed by atoms with Gasteiger partial charge in [0.2, 0.25) is 0 Å². The molecule has 0 aromatic heterocycles. The van der Waals surface area contributed by atoms with Crippen molar-refractivity contribution in [2.24, 2.45) is 0 Å². The first kappa shape index (κ1) is 24.8. The summed E-state index contributed by atoms with van der Waals surface area (Å²) in [5.74, 6) is 0. The molecule has 0 radical (unpaired) electrons. The van der Waals surface area contributed by atoms with Crippen LogP contribution < -0.4 is 4.90 Å². The minimum absolute atomic E-state index is 0.507. The summed E-state index contributed by atoms with van der Waals surface area (Å²) in [7, 11) is 0. The Morgan fingerprint density at radius 3 is 1.73 bits per heavy atom. The first-order chi connectivity index (χ1) is 14.9. The number of nitrogens with zero attached hydrogens (tertiary/aromatic N) is 2. The second-order valence-corrected chi connectivity index (χ2v) is 9.14. The lowest BCUT2D eigenvalue weighted by Gasteiger charge is -2.33. The van der Waals surface area contributed by atoms with E-state index in [2.05, 4.69) is 66.4 Å². The molecule has 1 aromatic carbocycles. The molecule has 1 heterocycles. The highest BCUT2D eigenvalue weighted by Crippen LogP contribution is 2.28. The maximum absolute atomic E-state index is 2.60. The second-order valence-electron chi connectivity index (χ2n) is 9.14. The van der Waals surface area contributed by atoms with E-state index in [-0.39, 0.29) is 0 Å². The van der Waals surface area contributed by atoms with Gasteiger partial charge in [0.1, 0.15) is 6.17 Å². The summed E-state index contributed by atoms with van der Waals surface area (Å²) < 4.78 is 0. The molecule has 0 saturated carbocycles. The molecule has 2 rings (SSSR count). The van der Waals surface area contributed by atoms with Gasteiger partial charge < -0.3 is 9.80 Å². The second kappa shape index (κ2) is 16.3. The molecule has 1 aromatic rings. The molecule has 0 amide bonds. The quantitative estimate of drug-likeness (QED) is 0.222. The molecule has 0 N–H and O–H groups in total. The van der Waals surface area contributed by atoms with Crippen LogP contribution in [-0.2, 0) is 0 Å². The maximum Gasteiger partial charge on any atom is 0.105 e. The van der Waals surface area contributed by atoms with E-state index in [4.69, 9.17) is 0 Å². The van der Waals surface area contributed by atoms with Crippen molar-refractivity contribution in [2.45, 2.75) is 123 Å². The van der Waals surface area contributed by atoms with Gasteiger partial charge in [0.05, 0.1) is 0 Å². The van der Waals surface area contributed by atoms with Crippen LogP contribution in [0.1, 0.15) is 117 Å². The van der Waals surface area contributed by atoms with Gasteiger partial charge >= 0.3 is 0 Å². The molecule has 1 atom stereocenters. The molecule has 0 saturated heterocycles.